The molecule has 2 atom stereocenters. The monoisotopic (exact) mass is 341 g/mol. The highest BCUT2D eigenvalue weighted by molar-refractivity contribution is 5.40. The van der Waals surface area contributed by atoms with Gasteiger partial charge in [0.25, 0.3) is 0 Å². The maximum atomic E-state index is 13.2. The SMILES string of the molecule is CN[C@H]1CCC[C@H]1COc1ccc(C(C)(C)c2ccc(F)cc2)cc1. The number of hydrogen-bond donors (Lipinski definition) is 1. The molecule has 0 spiro atoms. The first-order valence-corrected chi connectivity index (χ1v) is 9.17. The van der Waals surface area contributed by atoms with Crippen LogP contribution in [-0.2, 0) is 5.41 Å². The normalized spacial score (nSPS) is 20.6. The third kappa shape index (κ3) is 4.04. The maximum absolute atomic E-state index is 13.2. The first kappa shape index (κ1) is 17.9. The predicted octanol–water partition coefficient (Wildman–Crippen LogP) is 4.92. The largest absolute Gasteiger partial charge is 0.493 e. The van der Waals surface area contributed by atoms with Crippen LogP contribution in [0.5, 0.6) is 5.75 Å². The molecule has 134 valence electrons. The van der Waals surface area contributed by atoms with Gasteiger partial charge in [-0.1, -0.05) is 44.5 Å². The number of halogens is 1. The standard InChI is InChI=1S/C22H28FNO/c1-22(2,17-7-11-19(23)12-8-17)18-9-13-20(14-10-18)25-15-16-5-4-6-21(16)24-3/h7-14,16,21,24H,4-6,15H2,1-3H3/t16-,21-/m0/s1. The van der Waals surface area contributed by atoms with Crippen molar-refractivity contribution in [1.29, 1.82) is 0 Å². The summed E-state index contributed by atoms with van der Waals surface area (Å²) < 4.78 is 19.2. The van der Waals surface area contributed by atoms with Crippen molar-refractivity contribution >= 4 is 0 Å². The lowest BCUT2D eigenvalue weighted by atomic mass is 9.78. The third-order valence-corrected chi connectivity index (χ3v) is 5.64. The molecule has 1 aliphatic rings. The number of nitrogens with one attached hydrogen (secondary N) is 1. The van der Waals surface area contributed by atoms with Gasteiger partial charge in [-0.05, 0) is 55.3 Å². The average Bonchev–Trinajstić information content (AvgIpc) is 3.08. The third-order valence-electron chi connectivity index (χ3n) is 5.64. The first-order chi connectivity index (χ1) is 12.0. The smallest absolute Gasteiger partial charge is 0.123 e. The van der Waals surface area contributed by atoms with E-state index in [0.29, 0.717) is 12.0 Å². The van der Waals surface area contributed by atoms with Gasteiger partial charge in [-0.2, -0.15) is 0 Å². The molecule has 1 saturated carbocycles. The van der Waals surface area contributed by atoms with Gasteiger partial charge in [0.1, 0.15) is 11.6 Å². The highest BCUT2D eigenvalue weighted by Gasteiger charge is 2.26. The van der Waals surface area contributed by atoms with Crippen molar-refractivity contribution in [2.75, 3.05) is 13.7 Å². The van der Waals surface area contributed by atoms with Crippen LogP contribution in [-0.4, -0.2) is 19.7 Å². The average molecular weight is 341 g/mol. The molecule has 0 radical (unpaired) electrons. The fourth-order valence-electron chi connectivity index (χ4n) is 3.82. The molecule has 2 aromatic carbocycles. The van der Waals surface area contributed by atoms with Crippen LogP contribution in [0.1, 0.15) is 44.2 Å². The van der Waals surface area contributed by atoms with E-state index in [2.05, 4.69) is 31.3 Å². The van der Waals surface area contributed by atoms with E-state index in [-0.39, 0.29) is 11.2 Å². The Morgan fingerprint density at radius 3 is 2.20 bits per heavy atom. The molecule has 0 bridgehead atoms. The summed E-state index contributed by atoms with van der Waals surface area (Å²) in [5.74, 6) is 1.32. The molecule has 25 heavy (non-hydrogen) atoms. The van der Waals surface area contributed by atoms with E-state index in [1.807, 2.05) is 31.3 Å². The van der Waals surface area contributed by atoms with Gasteiger partial charge in [0.15, 0.2) is 0 Å². The molecule has 0 saturated heterocycles. The van der Waals surface area contributed by atoms with Gasteiger partial charge < -0.3 is 10.1 Å². The second-order valence-electron chi connectivity index (χ2n) is 7.55. The fraction of sp³-hybridized carbons (Fsp3) is 0.455. The zero-order chi connectivity index (χ0) is 17.9. The second-order valence-corrected chi connectivity index (χ2v) is 7.55. The van der Waals surface area contributed by atoms with Gasteiger partial charge in [-0.25, -0.2) is 4.39 Å². The number of benzene rings is 2. The summed E-state index contributed by atoms with van der Waals surface area (Å²) in [5, 5.41) is 3.39. The summed E-state index contributed by atoms with van der Waals surface area (Å²) in [4.78, 5) is 0. The van der Waals surface area contributed by atoms with E-state index in [1.54, 1.807) is 0 Å². The van der Waals surface area contributed by atoms with E-state index in [9.17, 15) is 4.39 Å². The summed E-state index contributed by atoms with van der Waals surface area (Å²) in [6.45, 7) is 5.09. The van der Waals surface area contributed by atoms with Gasteiger partial charge in [-0.3, -0.25) is 0 Å². The van der Waals surface area contributed by atoms with Gasteiger partial charge >= 0.3 is 0 Å². The van der Waals surface area contributed by atoms with Crippen molar-refractivity contribution in [3.8, 4) is 5.75 Å². The van der Waals surface area contributed by atoms with Gasteiger partial charge in [0.05, 0.1) is 6.61 Å². The van der Waals surface area contributed by atoms with Crippen molar-refractivity contribution in [3.05, 3.63) is 65.5 Å². The van der Waals surface area contributed by atoms with Gasteiger partial charge in [-0.15, -0.1) is 0 Å². The fourth-order valence-corrected chi connectivity index (χ4v) is 3.82. The number of ether oxygens (including phenoxy) is 1. The Balaban J connectivity index is 1.66. The molecule has 3 rings (SSSR count). The molecule has 1 aliphatic carbocycles. The zero-order valence-corrected chi connectivity index (χ0v) is 15.4. The van der Waals surface area contributed by atoms with E-state index in [0.717, 1.165) is 17.9 Å². The van der Waals surface area contributed by atoms with E-state index >= 15 is 0 Å². The molecular formula is C22H28FNO. The first-order valence-electron chi connectivity index (χ1n) is 9.17. The Morgan fingerprint density at radius 2 is 1.60 bits per heavy atom. The van der Waals surface area contributed by atoms with Gasteiger partial charge in [0, 0.05) is 17.4 Å². The van der Waals surface area contributed by atoms with Crippen LogP contribution in [0.2, 0.25) is 0 Å². The summed E-state index contributed by atoms with van der Waals surface area (Å²) in [6.07, 6.45) is 3.76. The Bertz CT molecular complexity index is 678. The minimum atomic E-state index is -0.199. The maximum Gasteiger partial charge on any atom is 0.123 e. The quantitative estimate of drug-likeness (QED) is 0.805. The lowest BCUT2D eigenvalue weighted by Crippen LogP contribution is -2.32. The molecule has 0 aliphatic heterocycles. The second kappa shape index (κ2) is 7.57. The predicted molar refractivity (Wildman–Crippen MR) is 101 cm³/mol. The van der Waals surface area contributed by atoms with Crippen LogP contribution in [0.25, 0.3) is 0 Å². The molecule has 0 amide bonds. The molecule has 2 nitrogen and oxygen atoms in total. The minimum Gasteiger partial charge on any atom is -0.493 e. The Hall–Kier alpha value is -1.87. The van der Waals surface area contributed by atoms with Crippen molar-refractivity contribution in [2.24, 2.45) is 5.92 Å². The molecule has 0 heterocycles. The lowest BCUT2D eigenvalue weighted by molar-refractivity contribution is 0.229. The summed E-state index contributed by atoms with van der Waals surface area (Å²) in [7, 11) is 2.04. The van der Waals surface area contributed by atoms with E-state index in [1.165, 1.54) is 37.0 Å². The van der Waals surface area contributed by atoms with Crippen molar-refractivity contribution < 1.29 is 9.13 Å². The zero-order valence-electron chi connectivity index (χ0n) is 15.4. The van der Waals surface area contributed by atoms with E-state index < -0.39 is 0 Å². The van der Waals surface area contributed by atoms with Crippen molar-refractivity contribution in [1.82, 2.24) is 5.32 Å². The summed E-state index contributed by atoms with van der Waals surface area (Å²) in [6, 6.07) is 15.7. The van der Waals surface area contributed by atoms with Crippen LogP contribution in [0.4, 0.5) is 4.39 Å². The molecule has 1 N–H and O–H groups in total. The topological polar surface area (TPSA) is 21.3 Å². The Kier molecular flexibility index (Phi) is 5.43. The van der Waals surface area contributed by atoms with Crippen molar-refractivity contribution in [3.63, 3.8) is 0 Å². The summed E-state index contributed by atoms with van der Waals surface area (Å²) >= 11 is 0. The highest BCUT2D eigenvalue weighted by Crippen LogP contribution is 2.33. The van der Waals surface area contributed by atoms with Crippen LogP contribution < -0.4 is 10.1 Å². The van der Waals surface area contributed by atoms with Crippen LogP contribution in [0, 0.1) is 11.7 Å². The Morgan fingerprint density at radius 1 is 1.00 bits per heavy atom. The number of rotatable bonds is 6. The number of hydrogen-bond acceptors (Lipinski definition) is 2. The molecule has 0 aromatic heterocycles. The van der Waals surface area contributed by atoms with Crippen LogP contribution in [0.3, 0.4) is 0 Å². The van der Waals surface area contributed by atoms with E-state index in [4.69, 9.17) is 4.74 Å². The molecule has 3 heteroatoms. The van der Waals surface area contributed by atoms with Gasteiger partial charge in [0.2, 0.25) is 0 Å². The van der Waals surface area contributed by atoms with Crippen LogP contribution in [0.15, 0.2) is 48.5 Å². The molecule has 2 aromatic rings. The van der Waals surface area contributed by atoms with Crippen LogP contribution >= 0.6 is 0 Å². The lowest BCUT2D eigenvalue weighted by Gasteiger charge is -2.26. The minimum absolute atomic E-state index is 0.172. The summed E-state index contributed by atoms with van der Waals surface area (Å²) in [5.41, 5.74) is 2.13. The Labute approximate surface area is 150 Å². The van der Waals surface area contributed by atoms with Crippen molar-refractivity contribution in [2.45, 2.75) is 44.6 Å². The molecular weight excluding hydrogens is 313 g/mol. The molecule has 0 unspecified atom stereocenters. The molecule has 1 fully saturated rings. The highest BCUT2D eigenvalue weighted by atomic mass is 19.1.